The number of rotatable bonds is 4. The van der Waals surface area contributed by atoms with Crippen molar-refractivity contribution >= 4 is 27.5 Å². The van der Waals surface area contributed by atoms with Crippen LogP contribution in [0.1, 0.15) is 17.3 Å². The van der Waals surface area contributed by atoms with Gasteiger partial charge >= 0.3 is 0 Å². The minimum absolute atomic E-state index is 0.146. The first-order valence-corrected chi connectivity index (χ1v) is 5.99. The first-order chi connectivity index (χ1) is 8.32. The van der Waals surface area contributed by atoms with Gasteiger partial charge in [-0.2, -0.15) is 0 Å². The Morgan fingerprint density at radius 3 is 2.72 bits per heavy atom. The highest BCUT2D eigenvalue weighted by molar-refractivity contribution is 9.10. The number of hydrogen-bond donors (Lipinski definition) is 1. The van der Waals surface area contributed by atoms with Crippen LogP contribution in [0.15, 0.2) is 22.7 Å². The lowest BCUT2D eigenvalue weighted by Crippen LogP contribution is -2.33. The number of aliphatic hydroxyl groups is 1. The molecule has 0 aliphatic rings. The van der Waals surface area contributed by atoms with Crippen LogP contribution in [0.5, 0.6) is 0 Å². The quantitative estimate of drug-likeness (QED) is 0.678. The summed E-state index contributed by atoms with van der Waals surface area (Å²) in [7, 11) is 1.53. The number of likely N-dealkylation sites (N-methyl/N-ethyl adjacent to an activating group) is 1. The van der Waals surface area contributed by atoms with E-state index in [-0.39, 0.29) is 23.7 Å². The Bertz CT molecular complexity index is 476. The summed E-state index contributed by atoms with van der Waals surface area (Å²) in [4.78, 5) is 23.5. The maximum Gasteiger partial charge on any atom is 0.270 e. The molecule has 6 nitrogen and oxygen atoms in total. The zero-order valence-corrected chi connectivity index (χ0v) is 11.5. The molecular weight excluding hydrogens is 304 g/mol. The van der Waals surface area contributed by atoms with Gasteiger partial charge < -0.3 is 10.0 Å². The zero-order valence-electron chi connectivity index (χ0n) is 9.96. The molecule has 1 aromatic carbocycles. The van der Waals surface area contributed by atoms with Crippen molar-refractivity contribution in [1.29, 1.82) is 0 Å². The molecule has 0 fully saturated rings. The van der Waals surface area contributed by atoms with Crippen LogP contribution in [0.3, 0.4) is 0 Å². The predicted octanol–water partition coefficient (Wildman–Crippen LogP) is 1.81. The van der Waals surface area contributed by atoms with Crippen molar-refractivity contribution in [2.75, 3.05) is 13.6 Å². The number of non-ortho nitro benzene ring substituents is 1. The Morgan fingerprint density at radius 2 is 2.22 bits per heavy atom. The average molecular weight is 317 g/mol. The van der Waals surface area contributed by atoms with Gasteiger partial charge in [0.2, 0.25) is 0 Å². The summed E-state index contributed by atoms with van der Waals surface area (Å²) in [6.07, 6.45) is -0.656. The van der Waals surface area contributed by atoms with Crippen LogP contribution in [0, 0.1) is 10.1 Å². The lowest BCUT2D eigenvalue weighted by atomic mass is 10.1. The van der Waals surface area contributed by atoms with Crippen molar-refractivity contribution in [3.63, 3.8) is 0 Å². The number of halogens is 1. The molecular formula is C11H13BrN2O4. The Morgan fingerprint density at radius 1 is 1.61 bits per heavy atom. The lowest BCUT2D eigenvalue weighted by Gasteiger charge is -2.19. The van der Waals surface area contributed by atoms with Crippen LogP contribution in [0.2, 0.25) is 0 Å². The molecule has 0 aromatic heterocycles. The second-order valence-electron chi connectivity index (χ2n) is 3.96. The number of nitrogens with zero attached hydrogens (tertiary/aromatic N) is 2. The number of carbonyl (C=O) groups excluding carboxylic acids is 1. The van der Waals surface area contributed by atoms with Gasteiger partial charge in [0.1, 0.15) is 0 Å². The molecule has 1 rings (SSSR count). The molecule has 1 N–H and O–H groups in total. The number of benzene rings is 1. The van der Waals surface area contributed by atoms with E-state index in [1.807, 2.05) is 0 Å². The molecule has 1 amide bonds. The number of hydrogen-bond acceptors (Lipinski definition) is 4. The molecule has 1 unspecified atom stereocenters. The molecule has 0 radical (unpaired) electrons. The summed E-state index contributed by atoms with van der Waals surface area (Å²) < 4.78 is 0.482. The van der Waals surface area contributed by atoms with Crippen molar-refractivity contribution in [2.24, 2.45) is 0 Å². The van der Waals surface area contributed by atoms with E-state index in [9.17, 15) is 20.0 Å². The fourth-order valence-corrected chi connectivity index (χ4v) is 1.89. The maximum atomic E-state index is 12.0. The van der Waals surface area contributed by atoms with Crippen LogP contribution >= 0.6 is 15.9 Å². The van der Waals surface area contributed by atoms with Gasteiger partial charge in [0.05, 0.1) is 16.6 Å². The highest BCUT2D eigenvalue weighted by Crippen LogP contribution is 2.23. The Labute approximate surface area is 112 Å². The van der Waals surface area contributed by atoms with Crippen LogP contribution in [0.4, 0.5) is 5.69 Å². The second kappa shape index (κ2) is 5.92. The van der Waals surface area contributed by atoms with Crippen LogP contribution < -0.4 is 0 Å². The topological polar surface area (TPSA) is 83.7 Å². The fraction of sp³-hybridized carbons (Fsp3) is 0.364. The molecule has 0 heterocycles. The largest absolute Gasteiger partial charge is 0.392 e. The first kappa shape index (κ1) is 14.6. The van der Waals surface area contributed by atoms with E-state index in [4.69, 9.17) is 0 Å². The lowest BCUT2D eigenvalue weighted by molar-refractivity contribution is -0.384. The number of amides is 1. The van der Waals surface area contributed by atoms with Gasteiger partial charge in [0.15, 0.2) is 0 Å². The van der Waals surface area contributed by atoms with Crippen molar-refractivity contribution < 1.29 is 14.8 Å². The number of aliphatic hydroxyl groups excluding tert-OH is 1. The summed E-state index contributed by atoms with van der Waals surface area (Å²) >= 11 is 3.18. The molecule has 0 bridgehead atoms. The van der Waals surface area contributed by atoms with Gasteiger partial charge in [-0.15, -0.1) is 0 Å². The van der Waals surface area contributed by atoms with Gasteiger partial charge in [-0.3, -0.25) is 14.9 Å². The molecule has 1 atom stereocenters. The van der Waals surface area contributed by atoms with Crippen LogP contribution in [-0.2, 0) is 0 Å². The summed E-state index contributed by atoms with van der Waals surface area (Å²) in [5.74, 6) is -0.383. The van der Waals surface area contributed by atoms with Crippen molar-refractivity contribution in [3.05, 3.63) is 38.3 Å². The number of nitro benzene ring substituents is 1. The molecule has 0 saturated heterocycles. The van der Waals surface area contributed by atoms with Gasteiger partial charge in [0.25, 0.3) is 11.6 Å². The predicted molar refractivity (Wildman–Crippen MR) is 69.4 cm³/mol. The van der Waals surface area contributed by atoms with E-state index in [0.717, 1.165) is 0 Å². The third kappa shape index (κ3) is 3.51. The minimum Gasteiger partial charge on any atom is -0.392 e. The van der Waals surface area contributed by atoms with E-state index in [2.05, 4.69) is 15.9 Å². The summed E-state index contributed by atoms with van der Waals surface area (Å²) in [6.45, 7) is 1.72. The number of nitro groups is 1. The maximum absolute atomic E-state index is 12.0. The highest BCUT2D eigenvalue weighted by atomic mass is 79.9. The monoisotopic (exact) mass is 316 g/mol. The Kier molecular flexibility index (Phi) is 4.80. The van der Waals surface area contributed by atoms with E-state index in [0.29, 0.717) is 4.47 Å². The Hall–Kier alpha value is -1.47. The first-order valence-electron chi connectivity index (χ1n) is 5.20. The van der Waals surface area contributed by atoms with E-state index >= 15 is 0 Å². The second-order valence-corrected chi connectivity index (χ2v) is 4.81. The SMILES string of the molecule is CC(O)CN(C)C(=O)c1cc([N+](=O)[O-])ccc1Br. The van der Waals surface area contributed by atoms with Crippen LogP contribution in [-0.4, -0.2) is 40.5 Å². The van der Waals surface area contributed by atoms with Gasteiger partial charge in [-0.1, -0.05) is 0 Å². The highest BCUT2D eigenvalue weighted by Gasteiger charge is 2.19. The van der Waals surface area contributed by atoms with Crippen molar-refractivity contribution in [2.45, 2.75) is 13.0 Å². The van der Waals surface area contributed by atoms with Crippen LogP contribution in [0.25, 0.3) is 0 Å². The summed E-state index contributed by atoms with van der Waals surface area (Å²) in [5.41, 5.74) is 0.0550. The van der Waals surface area contributed by atoms with Crippen molar-refractivity contribution in [3.8, 4) is 0 Å². The average Bonchev–Trinajstić information content (AvgIpc) is 2.27. The Balaban J connectivity index is 3.04. The third-order valence-corrected chi connectivity index (χ3v) is 2.97. The van der Waals surface area contributed by atoms with E-state index in [1.54, 1.807) is 6.92 Å². The smallest absolute Gasteiger partial charge is 0.270 e. The molecule has 0 saturated carbocycles. The third-order valence-electron chi connectivity index (χ3n) is 2.28. The summed E-state index contributed by atoms with van der Waals surface area (Å²) in [5, 5.41) is 19.9. The summed E-state index contributed by atoms with van der Waals surface area (Å²) in [6, 6.07) is 3.99. The molecule has 0 aliphatic carbocycles. The molecule has 0 aliphatic heterocycles. The molecule has 18 heavy (non-hydrogen) atoms. The minimum atomic E-state index is -0.656. The standard InChI is InChI=1S/C11H13BrN2O4/c1-7(15)6-13(2)11(16)9-5-8(14(17)18)3-4-10(9)12/h3-5,7,15H,6H2,1-2H3. The fourth-order valence-electron chi connectivity index (χ4n) is 1.48. The van der Waals surface area contributed by atoms with Gasteiger partial charge in [-0.25, -0.2) is 0 Å². The number of carbonyl (C=O) groups is 1. The van der Waals surface area contributed by atoms with E-state index in [1.165, 1.54) is 30.1 Å². The van der Waals surface area contributed by atoms with Gasteiger partial charge in [-0.05, 0) is 28.9 Å². The molecule has 7 heteroatoms. The van der Waals surface area contributed by atoms with Crippen molar-refractivity contribution in [1.82, 2.24) is 4.90 Å². The zero-order chi connectivity index (χ0) is 13.9. The molecule has 0 spiro atoms. The normalized spacial score (nSPS) is 12.0. The van der Waals surface area contributed by atoms with E-state index < -0.39 is 11.0 Å². The molecule has 98 valence electrons. The molecule has 1 aromatic rings. The van der Waals surface area contributed by atoms with Gasteiger partial charge in [0, 0.05) is 30.2 Å².